The highest BCUT2D eigenvalue weighted by Gasteiger charge is 2.37. The molecule has 1 saturated heterocycles. The standard InChI is InChI=1S/C18H22N4O4S/c1-10-5-15(6-11(2)17(10)27(19,25)26)21-9-14(8-16(21)23)18(24)22-13(4)7-12(3)20-22/h5-7,14H,8-9H2,1-4H3,(H2,19,25,26). The van der Waals surface area contributed by atoms with Gasteiger partial charge in [-0.05, 0) is 57.0 Å². The van der Waals surface area contributed by atoms with E-state index in [0.29, 0.717) is 16.8 Å². The lowest BCUT2D eigenvalue weighted by atomic mass is 10.1. The van der Waals surface area contributed by atoms with Crippen LogP contribution in [0, 0.1) is 33.6 Å². The summed E-state index contributed by atoms with van der Waals surface area (Å²) in [6.45, 7) is 7.10. The maximum Gasteiger partial charge on any atom is 0.252 e. The number of carbonyl (C=O) groups excluding carboxylic acids is 2. The van der Waals surface area contributed by atoms with Crippen LogP contribution in [0.15, 0.2) is 23.1 Å². The van der Waals surface area contributed by atoms with Crippen molar-refractivity contribution in [2.45, 2.75) is 39.0 Å². The second kappa shape index (κ2) is 6.58. The first kappa shape index (κ1) is 19.2. The Morgan fingerprint density at radius 2 is 1.74 bits per heavy atom. The molecule has 27 heavy (non-hydrogen) atoms. The monoisotopic (exact) mass is 390 g/mol. The van der Waals surface area contributed by atoms with Crippen molar-refractivity contribution in [3.63, 3.8) is 0 Å². The van der Waals surface area contributed by atoms with Crippen LogP contribution in [0.25, 0.3) is 0 Å². The number of benzene rings is 1. The van der Waals surface area contributed by atoms with Gasteiger partial charge in [0.2, 0.25) is 15.9 Å². The van der Waals surface area contributed by atoms with Crippen LogP contribution >= 0.6 is 0 Å². The predicted octanol–water partition coefficient (Wildman–Crippen LogP) is 1.46. The average Bonchev–Trinajstić information content (AvgIpc) is 3.06. The third-order valence-electron chi connectivity index (χ3n) is 4.73. The summed E-state index contributed by atoms with van der Waals surface area (Å²) < 4.78 is 24.8. The van der Waals surface area contributed by atoms with Gasteiger partial charge in [0, 0.05) is 24.3 Å². The summed E-state index contributed by atoms with van der Waals surface area (Å²) in [4.78, 5) is 26.8. The van der Waals surface area contributed by atoms with Gasteiger partial charge in [-0.15, -0.1) is 0 Å². The van der Waals surface area contributed by atoms with Crippen molar-refractivity contribution in [1.82, 2.24) is 9.78 Å². The predicted molar refractivity (Wildman–Crippen MR) is 100 cm³/mol. The molecule has 1 aromatic carbocycles. The molecule has 0 aliphatic carbocycles. The molecule has 0 saturated carbocycles. The minimum atomic E-state index is -3.85. The Morgan fingerprint density at radius 3 is 2.22 bits per heavy atom. The molecule has 2 N–H and O–H groups in total. The summed E-state index contributed by atoms with van der Waals surface area (Å²) in [5.74, 6) is -0.905. The largest absolute Gasteiger partial charge is 0.312 e. The SMILES string of the molecule is Cc1cc(C)n(C(=O)C2CC(=O)N(c3cc(C)c(S(N)(=O)=O)c(C)c3)C2)n1. The number of carbonyl (C=O) groups is 2. The molecule has 1 amide bonds. The van der Waals surface area contributed by atoms with Crippen LogP contribution in [0.5, 0.6) is 0 Å². The Kier molecular flexibility index (Phi) is 4.69. The summed E-state index contributed by atoms with van der Waals surface area (Å²) in [6.07, 6.45) is 0.0895. The van der Waals surface area contributed by atoms with Gasteiger partial charge in [0.15, 0.2) is 0 Å². The number of rotatable bonds is 3. The van der Waals surface area contributed by atoms with E-state index in [1.165, 1.54) is 9.58 Å². The molecule has 3 rings (SSSR count). The number of aromatic nitrogens is 2. The molecular formula is C18H22N4O4S. The second-order valence-corrected chi connectivity index (χ2v) is 8.53. The van der Waals surface area contributed by atoms with E-state index in [4.69, 9.17) is 5.14 Å². The number of hydrogen-bond donors (Lipinski definition) is 1. The van der Waals surface area contributed by atoms with E-state index < -0.39 is 15.9 Å². The van der Waals surface area contributed by atoms with Crippen LogP contribution in [0.3, 0.4) is 0 Å². The van der Waals surface area contributed by atoms with Gasteiger partial charge < -0.3 is 4.90 Å². The van der Waals surface area contributed by atoms with Gasteiger partial charge in [0.05, 0.1) is 16.5 Å². The quantitative estimate of drug-likeness (QED) is 0.852. The first-order valence-corrected chi connectivity index (χ1v) is 10.1. The normalized spacial score (nSPS) is 17.6. The molecule has 2 heterocycles. The Hall–Kier alpha value is -2.52. The number of aryl methyl sites for hydroxylation is 4. The Morgan fingerprint density at radius 1 is 1.15 bits per heavy atom. The number of nitrogens with two attached hydrogens (primary N) is 1. The highest BCUT2D eigenvalue weighted by Crippen LogP contribution is 2.31. The molecule has 1 atom stereocenters. The van der Waals surface area contributed by atoms with Crippen molar-refractivity contribution in [1.29, 1.82) is 0 Å². The van der Waals surface area contributed by atoms with E-state index >= 15 is 0 Å². The molecule has 144 valence electrons. The van der Waals surface area contributed by atoms with Crippen molar-refractivity contribution < 1.29 is 18.0 Å². The van der Waals surface area contributed by atoms with Crippen molar-refractivity contribution in [2.24, 2.45) is 11.1 Å². The smallest absolute Gasteiger partial charge is 0.252 e. The van der Waals surface area contributed by atoms with Gasteiger partial charge >= 0.3 is 0 Å². The number of anilines is 1. The zero-order chi connectivity index (χ0) is 20.1. The molecule has 8 nitrogen and oxygen atoms in total. The zero-order valence-electron chi connectivity index (χ0n) is 15.7. The van der Waals surface area contributed by atoms with E-state index in [0.717, 1.165) is 11.4 Å². The van der Waals surface area contributed by atoms with Crippen molar-refractivity contribution in [3.05, 3.63) is 40.7 Å². The van der Waals surface area contributed by atoms with Gasteiger partial charge in [0.25, 0.3) is 5.91 Å². The number of amides is 1. The van der Waals surface area contributed by atoms with Gasteiger partial charge in [0.1, 0.15) is 0 Å². The molecule has 1 fully saturated rings. The van der Waals surface area contributed by atoms with Crippen LogP contribution in [0.2, 0.25) is 0 Å². The van der Waals surface area contributed by atoms with Crippen molar-refractivity contribution in [3.8, 4) is 0 Å². The summed E-state index contributed by atoms with van der Waals surface area (Å²) in [5.41, 5.74) is 2.97. The number of primary sulfonamides is 1. The fourth-order valence-corrected chi connectivity index (χ4v) is 4.69. The minimum absolute atomic E-state index is 0.0631. The van der Waals surface area contributed by atoms with Gasteiger partial charge in [-0.2, -0.15) is 5.10 Å². The van der Waals surface area contributed by atoms with Crippen LogP contribution < -0.4 is 10.0 Å². The minimum Gasteiger partial charge on any atom is -0.312 e. The molecule has 1 aromatic heterocycles. The maximum atomic E-state index is 12.7. The second-order valence-electron chi connectivity index (χ2n) is 7.04. The van der Waals surface area contributed by atoms with E-state index in [1.54, 1.807) is 32.9 Å². The van der Waals surface area contributed by atoms with Crippen LogP contribution in [0.4, 0.5) is 5.69 Å². The Balaban J connectivity index is 1.90. The summed E-state index contributed by atoms with van der Waals surface area (Å²) in [6, 6.07) is 5.03. The Labute approximate surface area is 158 Å². The molecule has 0 radical (unpaired) electrons. The first-order valence-electron chi connectivity index (χ1n) is 8.51. The average molecular weight is 390 g/mol. The summed E-state index contributed by atoms with van der Waals surface area (Å²) in [5, 5.41) is 9.47. The molecular weight excluding hydrogens is 368 g/mol. The van der Waals surface area contributed by atoms with Crippen LogP contribution in [0.1, 0.15) is 33.7 Å². The highest BCUT2D eigenvalue weighted by atomic mass is 32.2. The number of hydrogen-bond acceptors (Lipinski definition) is 5. The van der Waals surface area contributed by atoms with Crippen LogP contribution in [-0.2, 0) is 14.8 Å². The molecule has 0 spiro atoms. The lowest BCUT2D eigenvalue weighted by molar-refractivity contribution is -0.117. The van der Waals surface area contributed by atoms with Gasteiger partial charge in [-0.25, -0.2) is 18.2 Å². The fourth-order valence-electron chi connectivity index (χ4n) is 3.68. The highest BCUT2D eigenvalue weighted by molar-refractivity contribution is 7.89. The van der Waals surface area contributed by atoms with Gasteiger partial charge in [-0.3, -0.25) is 9.59 Å². The third-order valence-corrected chi connectivity index (χ3v) is 5.95. The summed E-state index contributed by atoms with van der Waals surface area (Å²) >= 11 is 0. The lowest BCUT2D eigenvalue weighted by Crippen LogP contribution is -2.29. The van der Waals surface area contributed by atoms with Crippen molar-refractivity contribution >= 4 is 27.5 Å². The third kappa shape index (κ3) is 3.52. The molecule has 1 unspecified atom stereocenters. The van der Waals surface area contributed by atoms with E-state index in [-0.39, 0.29) is 29.7 Å². The number of nitrogens with zero attached hydrogens (tertiary/aromatic N) is 3. The van der Waals surface area contributed by atoms with Gasteiger partial charge in [-0.1, -0.05) is 0 Å². The zero-order valence-corrected chi connectivity index (χ0v) is 16.5. The fraction of sp³-hybridized carbons (Fsp3) is 0.389. The van der Waals surface area contributed by atoms with E-state index in [2.05, 4.69) is 5.10 Å². The molecule has 1 aliphatic heterocycles. The van der Waals surface area contributed by atoms with Crippen LogP contribution in [-0.4, -0.2) is 36.6 Å². The number of sulfonamides is 1. The van der Waals surface area contributed by atoms with E-state index in [1.807, 2.05) is 13.0 Å². The molecule has 2 aromatic rings. The summed E-state index contributed by atoms with van der Waals surface area (Å²) in [7, 11) is -3.85. The first-order chi connectivity index (χ1) is 12.5. The Bertz CT molecular complexity index is 1030. The lowest BCUT2D eigenvalue weighted by Gasteiger charge is -2.19. The topological polar surface area (TPSA) is 115 Å². The molecule has 9 heteroatoms. The van der Waals surface area contributed by atoms with E-state index in [9.17, 15) is 18.0 Å². The van der Waals surface area contributed by atoms with Crippen molar-refractivity contribution in [2.75, 3.05) is 11.4 Å². The maximum absolute atomic E-state index is 12.7. The molecule has 0 bridgehead atoms. The molecule has 1 aliphatic rings.